The normalized spacial score (nSPS) is 19.8. The van der Waals surface area contributed by atoms with Gasteiger partial charge in [-0.15, -0.1) is 0 Å². The summed E-state index contributed by atoms with van der Waals surface area (Å²) in [5.41, 5.74) is 1.03. The maximum absolute atomic E-state index is 12.3. The van der Waals surface area contributed by atoms with E-state index in [1.807, 2.05) is 18.2 Å². The fourth-order valence-corrected chi connectivity index (χ4v) is 3.04. The van der Waals surface area contributed by atoms with Crippen LogP contribution in [0.2, 0.25) is 0 Å². The van der Waals surface area contributed by atoms with Gasteiger partial charge in [0.2, 0.25) is 0 Å². The summed E-state index contributed by atoms with van der Waals surface area (Å²) in [6.07, 6.45) is 5.01. The van der Waals surface area contributed by atoms with Gasteiger partial charge in [-0.2, -0.15) is 0 Å². The minimum atomic E-state index is 0.0309. The zero-order chi connectivity index (χ0) is 13.7. The van der Waals surface area contributed by atoms with Crippen LogP contribution in [0.15, 0.2) is 22.7 Å². The number of halogens is 1. The van der Waals surface area contributed by atoms with Gasteiger partial charge in [-0.05, 0) is 53.0 Å². The van der Waals surface area contributed by atoms with Gasteiger partial charge in [0, 0.05) is 6.42 Å². The standard InChI is InChI=1S/C15H20BrNO2/c1-19-15-7-6-11(9-12(15)16)10-14(18)13-5-3-2-4-8-17-13/h6-7,9,13,17H,2-5,8,10H2,1H3. The third-order valence-corrected chi connectivity index (χ3v) is 4.16. The van der Waals surface area contributed by atoms with Crippen LogP contribution in [0, 0.1) is 0 Å². The Hall–Kier alpha value is -0.870. The molecule has 1 N–H and O–H groups in total. The van der Waals surface area contributed by atoms with Gasteiger partial charge < -0.3 is 10.1 Å². The van der Waals surface area contributed by atoms with E-state index in [9.17, 15) is 4.79 Å². The van der Waals surface area contributed by atoms with E-state index in [1.165, 1.54) is 12.8 Å². The van der Waals surface area contributed by atoms with Gasteiger partial charge in [0.15, 0.2) is 5.78 Å². The van der Waals surface area contributed by atoms with Crippen LogP contribution >= 0.6 is 15.9 Å². The molecule has 0 radical (unpaired) electrons. The lowest BCUT2D eigenvalue weighted by molar-refractivity contribution is -0.120. The molecule has 1 saturated heterocycles. The van der Waals surface area contributed by atoms with Crippen LogP contribution in [0.5, 0.6) is 5.75 Å². The van der Waals surface area contributed by atoms with Crippen LogP contribution in [0.3, 0.4) is 0 Å². The van der Waals surface area contributed by atoms with Crippen LogP contribution < -0.4 is 10.1 Å². The molecule has 1 fully saturated rings. The van der Waals surface area contributed by atoms with Gasteiger partial charge in [0.05, 0.1) is 17.6 Å². The first-order valence-electron chi connectivity index (χ1n) is 6.79. The SMILES string of the molecule is COc1ccc(CC(=O)C2CCCCCN2)cc1Br. The second-order valence-electron chi connectivity index (χ2n) is 4.97. The third kappa shape index (κ3) is 4.05. The summed E-state index contributed by atoms with van der Waals surface area (Å²) < 4.78 is 6.09. The Morgan fingerprint density at radius 2 is 2.26 bits per heavy atom. The van der Waals surface area contributed by atoms with Crippen molar-refractivity contribution in [3.8, 4) is 5.75 Å². The highest BCUT2D eigenvalue weighted by Crippen LogP contribution is 2.26. The summed E-state index contributed by atoms with van der Waals surface area (Å²) in [5.74, 6) is 1.09. The molecule has 1 aromatic carbocycles. The van der Waals surface area contributed by atoms with Crippen molar-refractivity contribution >= 4 is 21.7 Å². The number of methoxy groups -OCH3 is 1. The number of hydrogen-bond acceptors (Lipinski definition) is 3. The van der Waals surface area contributed by atoms with Crippen molar-refractivity contribution in [2.45, 2.75) is 38.1 Å². The monoisotopic (exact) mass is 325 g/mol. The highest BCUT2D eigenvalue weighted by Gasteiger charge is 2.19. The Bertz CT molecular complexity index is 440. The van der Waals surface area contributed by atoms with E-state index in [4.69, 9.17) is 4.74 Å². The molecule has 0 aromatic heterocycles. The molecule has 1 heterocycles. The minimum Gasteiger partial charge on any atom is -0.496 e. The second kappa shape index (κ2) is 7.06. The van der Waals surface area contributed by atoms with Gasteiger partial charge in [0.1, 0.15) is 5.75 Å². The Morgan fingerprint density at radius 3 is 3.00 bits per heavy atom. The number of rotatable bonds is 4. The molecular formula is C15H20BrNO2. The van der Waals surface area contributed by atoms with E-state index in [2.05, 4.69) is 21.2 Å². The lowest BCUT2D eigenvalue weighted by Gasteiger charge is -2.14. The van der Waals surface area contributed by atoms with Crippen molar-refractivity contribution in [2.24, 2.45) is 0 Å². The number of nitrogens with one attached hydrogen (secondary N) is 1. The maximum Gasteiger partial charge on any atom is 0.154 e. The summed E-state index contributed by atoms with van der Waals surface area (Å²) in [7, 11) is 1.64. The molecule has 1 aromatic rings. The van der Waals surface area contributed by atoms with E-state index in [0.29, 0.717) is 12.2 Å². The van der Waals surface area contributed by atoms with Crippen LogP contribution in [0.1, 0.15) is 31.2 Å². The summed E-state index contributed by atoms with van der Waals surface area (Å²) in [6, 6.07) is 5.85. The molecule has 0 spiro atoms. The fraction of sp³-hybridized carbons (Fsp3) is 0.533. The summed E-state index contributed by atoms with van der Waals surface area (Å²) in [5, 5.41) is 3.35. The Morgan fingerprint density at radius 1 is 1.42 bits per heavy atom. The first-order valence-corrected chi connectivity index (χ1v) is 7.58. The van der Waals surface area contributed by atoms with Gasteiger partial charge >= 0.3 is 0 Å². The number of ketones is 1. The van der Waals surface area contributed by atoms with Crippen LogP contribution in [-0.4, -0.2) is 25.5 Å². The van der Waals surface area contributed by atoms with E-state index in [1.54, 1.807) is 7.11 Å². The van der Waals surface area contributed by atoms with E-state index in [0.717, 1.165) is 35.2 Å². The summed E-state index contributed by atoms with van der Waals surface area (Å²) in [6.45, 7) is 0.961. The number of carbonyl (C=O) groups excluding carboxylic acids is 1. The molecule has 19 heavy (non-hydrogen) atoms. The zero-order valence-corrected chi connectivity index (χ0v) is 12.8. The van der Waals surface area contributed by atoms with Crippen LogP contribution in [0.25, 0.3) is 0 Å². The molecule has 1 atom stereocenters. The Balaban J connectivity index is 1.99. The fourth-order valence-electron chi connectivity index (χ4n) is 2.45. The molecule has 1 aliphatic rings. The van der Waals surface area contributed by atoms with E-state index < -0.39 is 0 Å². The van der Waals surface area contributed by atoms with Crippen molar-refractivity contribution in [1.82, 2.24) is 5.32 Å². The van der Waals surface area contributed by atoms with Crippen LogP contribution in [-0.2, 0) is 11.2 Å². The molecule has 1 aliphatic heterocycles. The van der Waals surface area contributed by atoms with Crippen molar-refractivity contribution in [2.75, 3.05) is 13.7 Å². The predicted octanol–water partition coefficient (Wildman–Crippen LogP) is 3.10. The number of ether oxygens (including phenoxy) is 1. The zero-order valence-electron chi connectivity index (χ0n) is 11.2. The molecule has 0 aliphatic carbocycles. The van der Waals surface area contributed by atoms with Crippen molar-refractivity contribution in [3.63, 3.8) is 0 Å². The average molecular weight is 326 g/mol. The Labute approximate surface area is 122 Å². The molecule has 0 saturated carbocycles. The molecule has 4 heteroatoms. The summed E-state index contributed by atoms with van der Waals surface area (Å²) in [4.78, 5) is 12.3. The number of hydrogen-bond donors (Lipinski definition) is 1. The molecule has 3 nitrogen and oxygen atoms in total. The summed E-state index contributed by atoms with van der Waals surface area (Å²) >= 11 is 3.45. The lowest BCUT2D eigenvalue weighted by atomic mass is 10.0. The average Bonchev–Trinajstić information content (AvgIpc) is 2.68. The first-order chi connectivity index (χ1) is 9.20. The molecular weight excluding hydrogens is 306 g/mol. The number of benzene rings is 1. The van der Waals surface area contributed by atoms with E-state index in [-0.39, 0.29) is 6.04 Å². The topological polar surface area (TPSA) is 38.3 Å². The lowest BCUT2D eigenvalue weighted by Crippen LogP contribution is -2.36. The largest absolute Gasteiger partial charge is 0.496 e. The van der Waals surface area contributed by atoms with Crippen molar-refractivity contribution < 1.29 is 9.53 Å². The molecule has 104 valence electrons. The quantitative estimate of drug-likeness (QED) is 0.924. The minimum absolute atomic E-state index is 0.0309. The molecule has 2 rings (SSSR count). The third-order valence-electron chi connectivity index (χ3n) is 3.54. The number of carbonyl (C=O) groups is 1. The second-order valence-corrected chi connectivity index (χ2v) is 5.82. The molecule has 0 bridgehead atoms. The number of Topliss-reactive ketones (excluding diaryl/α,β-unsaturated/α-hetero) is 1. The smallest absolute Gasteiger partial charge is 0.154 e. The molecule has 0 amide bonds. The van der Waals surface area contributed by atoms with Gasteiger partial charge in [0.25, 0.3) is 0 Å². The van der Waals surface area contributed by atoms with Crippen LogP contribution in [0.4, 0.5) is 0 Å². The maximum atomic E-state index is 12.3. The van der Waals surface area contributed by atoms with Crippen molar-refractivity contribution in [1.29, 1.82) is 0 Å². The predicted molar refractivity (Wildman–Crippen MR) is 79.7 cm³/mol. The Kier molecular flexibility index (Phi) is 5.40. The van der Waals surface area contributed by atoms with Gasteiger partial charge in [-0.25, -0.2) is 0 Å². The van der Waals surface area contributed by atoms with Crippen molar-refractivity contribution in [3.05, 3.63) is 28.2 Å². The van der Waals surface area contributed by atoms with Gasteiger partial charge in [-0.3, -0.25) is 4.79 Å². The first kappa shape index (κ1) is 14.5. The highest BCUT2D eigenvalue weighted by atomic mass is 79.9. The molecule has 1 unspecified atom stereocenters. The van der Waals surface area contributed by atoms with Gasteiger partial charge in [-0.1, -0.05) is 18.9 Å². The highest BCUT2D eigenvalue weighted by molar-refractivity contribution is 9.10. The van der Waals surface area contributed by atoms with E-state index >= 15 is 0 Å².